The Morgan fingerprint density at radius 1 is 1.35 bits per heavy atom. The van der Waals surface area contributed by atoms with Crippen molar-refractivity contribution in [2.24, 2.45) is 0 Å². The molecule has 1 amide bonds. The number of aromatic nitrogens is 1. The summed E-state index contributed by atoms with van der Waals surface area (Å²) in [5, 5.41) is 1.29. The first-order valence-electron chi connectivity index (χ1n) is 7.79. The maximum absolute atomic E-state index is 12.6. The number of carbonyl (C=O) groups excluding carboxylic acids is 1. The minimum atomic E-state index is -4.43. The number of hydrogen-bond acceptors (Lipinski definition) is 4. The highest BCUT2D eigenvalue weighted by molar-refractivity contribution is 7.09. The molecule has 0 unspecified atom stereocenters. The van der Waals surface area contributed by atoms with E-state index in [-0.39, 0.29) is 18.5 Å². The van der Waals surface area contributed by atoms with Gasteiger partial charge in [-0.3, -0.25) is 9.69 Å². The molecule has 2 heterocycles. The maximum Gasteiger partial charge on any atom is 0.434 e. The SMILES string of the molecule is C[C@@H](C(=O)N(C)Cc1nc(C(F)(F)F)cs1)N1CCCCCC1. The molecule has 0 radical (unpaired) electrons. The maximum atomic E-state index is 12.6. The van der Waals surface area contributed by atoms with Gasteiger partial charge in [-0.1, -0.05) is 12.8 Å². The molecule has 1 saturated heterocycles. The van der Waals surface area contributed by atoms with Gasteiger partial charge in [-0.2, -0.15) is 13.2 Å². The number of likely N-dealkylation sites (tertiary alicyclic amines) is 1. The predicted octanol–water partition coefficient (Wildman–Crippen LogP) is 3.38. The lowest BCUT2D eigenvalue weighted by atomic mass is 10.2. The molecule has 0 aliphatic carbocycles. The zero-order valence-corrected chi connectivity index (χ0v) is 14.2. The molecule has 8 heteroatoms. The molecule has 0 spiro atoms. The number of rotatable bonds is 4. The average Bonchev–Trinajstić information content (AvgIpc) is 2.80. The van der Waals surface area contributed by atoms with Gasteiger partial charge in [-0.05, 0) is 32.9 Å². The van der Waals surface area contributed by atoms with Crippen LogP contribution in [0.25, 0.3) is 0 Å². The smallest absolute Gasteiger partial charge is 0.338 e. The summed E-state index contributed by atoms with van der Waals surface area (Å²) in [6.45, 7) is 3.78. The molecule has 1 aliphatic heterocycles. The highest BCUT2D eigenvalue weighted by Gasteiger charge is 2.34. The van der Waals surface area contributed by atoms with Gasteiger partial charge in [0, 0.05) is 12.4 Å². The highest BCUT2D eigenvalue weighted by atomic mass is 32.1. The molecule has 1 aromatic rings. The third-order valence-electron chi connectivity index (χ3n) is 4.14. The number of alkyl halides is 3. The molecule has 1 atom stereocenters. The van der Waals surface area contributed by atoms with Crippen molar-refractivity contribution >= 4 is 17.2 Å². The zero-order chi connectivity index (χ0) is 17.0. The van der Waals surface area contributed by atoms with Crippen molar-refractivity contribution in [2.75, 3.05) is 20.1 Å². The number of carbonyl (C=O) groups is 1. The van der Waals surface area contributed by atoms with Crippen molar-refractivity contribution in [3.63, 3.8) is 0 Å². The van der Waals surface area contributed by atoms with E-state index < -0.39 is 11.9 Å². The van der Waals surface area contributed by atoms with Crippen LogP contribution in [0.15, 0.2) is 5.38 Å². The topological polar surface area (TPSA) is 36.4 Å². The van der Waals surface area contributed by atoms with Crippen LogP contribution in [0, 0.1) is 0 Å². The summed E-state index contributed by atoms with van der Waals surface area (Å²) >= 11 is 0.934. The molecule has 2 rings (SSSR count). The minimum absolute atomic E-state index is 0.0735. The van der Waals surface area contributed by atoms with E-state index >= 15 is 0 Å². The van der Waals surface area contributed by atoms with Crippen LogP contribution in [0.4, 0.5) is 13.2 Å². The van der Waals surface area contributed by atoms with Gasteiger partial charge in [0.2, 0.25) is 5.91 Å². The normalized spacial score (nSPS) is 18.5. The van der Waals surface area contributed by atoms with Crippen molar-refractivity contribution < 1.29 is 18.0 Å². The van der Waals surface area contributed by atoms with Crippen molar-refractivity contribution in [1.29, 1.82) is 0 Å². The number of thiazole rings is 1. The number of nitrogens with zero attached hydrogens (tertiary/aromatic N) is 3. The summed E-state index contributed by atoms with van der Waals surface area (Å²) in [4.78, 5) is 19.7. The largest absolute Gasteiger partial charge is 0.434 e. The summed E-state index contributed by atoms with van der Waals surface area (Å²) in [6.07, 6.45) is 0.112. The zero-order valence-electron chi connectivity index (χ0n) is 13.4. The van der Waals surface area contributed by atoms with E-state index in [1.54, 1.807) is 7.05 Å². The summed E-state index contributed by atoms with van der Waals surface area (Å²) in [5.41, 5.74) is -0.890. The molecule has 1 aromatic heterocycles. The van der Waals surface area contributed by atoms with Gasteiger partial charge in [0.1, 0.15) is 5.01 Å². The Hall–Kier alpha value is -1.15. The molecule has 0 aromatic carbocycles. The van der Waals surface area contributed by atoms with Crippen LogP contribution in [0.5, 0.6) is 0 Å². The number of likely N-dealkylation sites (N-methyl/N-ethyl adjacent to an activating group) is 1. The van der Waals surface area contributed by atoms with Crippen molar-refractivity contribution in [1.82, 2.24) is 14.8 Å². The Morgan fingerprint density at radius 3 is 2.48 bits per heavy atom. The Bertz CT molecular complexity index is 524. The molecular formula is C15H22F3N3OS. The van der Waals surface area contributed by atoms with Crippen LogP contribution >= 0.6 is 11.3 Å². The summed E-state index contributed by atoms with van der Waals surface area (Å²) < 4.78 is 37.7. The fourth-order valence-electron chi connectivity index (χ4n) is 2.75. The fourth-order valence-corrected chi connectivity index (χ4v) is 3.61. The highest BCUT2D eigenvalue weighted by Crippen LogP contribution is 2.30. The quantitative estimate of drug-likeness (QED) is 0.836. The van der Waals surface area contributed by atoms with Crippen LogP contribution in [-0.4, -0.2) is 46.9 Å². The van der Waals surface area contributed by atoms with Gasteiger partial charge in [0.05, 0.1) is 12.6 Å². The standard InChI is InChI=1S/C15H22F3N3OS/c1-11(21-7-5-3-4-6-8-21)14(22)20(2)9-13-19-12(10-23-13)15(16,17)18/h10-11H,3-9H2,1-2H3/t11-/m0/s1. The lowest BCUT2D eigenvalue weighted by Gasteiger charge is -2.29. The Labute approximate surface area is 138 Å². The monoisotopic (exact) mass is 349 g/mol. The van der Waals surface area contributed by atoms with E-state index in [9.17, 15) is 18.0 Å². The number of amides is 1. The first-order chi connectivity index (χ1) is 10.8. The number of hydrogen-bond donors (Lipinski definition) is 0. The van der Waals surface area contributed by atoms with Crippen molar-refractivity contribution in [2.45, 2.75) is 51.4 Å². The molecule has 4 nitrogen and oxygen atoms in total. The van der Waals surface area contributed by atoms with Gasteiger partial charge >= 0.3 is 6.18 Å². The van der Waals surface area contributed by atoms with Gasteiger partial charge in [-0.15, -0.1) is 11.3 Å². The van der Waals surface area contributed by atoms with E-state index in [1.165, 1.54) is 17.7 Å². The second kappa shape index (κ2) is 7.61. The Balaban J connectivity index is 1.95. The third kappa shape index (κ3) is 4.91. The van der Waals surface area contributed by atoms with Gasteiger partial charge in [-0.25, -0.2) is 4.98 Å². The Morgan fingerprint density at radius 2 is 1.96 bits per heavy atom. The Kier molecular flexibility index (Phi) is 6.02. The molecule has 1 aliphatic rings. The van der Waals surface area contributed by atoms with Crippen LogP contribution < -0.4 is 0 Å². The fraction of sp³-hybridized carbons (Fsp3) is 0.733. The summed E-state index contributed by atoms with van der Waals surface area (Å²) in [7, 11) is 1.62. The summed E-state index contributed by atoms with van der Waals surface area (Å²) in [5.74, 6) is -0.0735. The average molecular weight is 349 g/mol. The summed E-state index contributed by atoms with van der Waals surface area (Å²) in [6, 6.07) is -0.250. The van der Waals surface area contributed by atoms with Crippen LogP contribution in [-0.2, 0) is 17.5 Å². The third-order valence-corrected chi connectivity index (χ3v) is 4.97. The van der Waals surface area contributed by atoms with Gasteiger partial charge in [0.25, 0.3) is 0 Å². The van der Waals surface area contributed by atoms with Crippen LogP contribution in [0.2, 0.25) is 0 Å². The lowest BCUT2D eigenvalue weighted by molar-refractivity contribution is -0.140. The van der Waals surface area contributed by atoms with E-state index in [0.29, 0.717) is 5.01 Å². The molecule has 1 fully saturated rings. The second-order valence-corrected chi connectivity index (χ2v) is 6.89. The first kappa shape index (κ1) is 18.2. The molecule has 0 N–H and O–H groups in total. The molecule has 0 saturated carbocycles. The van der Waals surface area contributed by atoms with Gasteiger partial charge < -0.3 is 4.90 Å². The van der Waals surface area contributed by atoms with E-state index in [4.69, 9.17) is 0 Å². The minimum Gasteiger partial charge on any atom is -0.338 e. The van der Waals surface area contributed by atoms with Crippen LogP contribution in [0.3, 0.4) is 0 Å². The molecule has 23 heavy (non-hydrogen) atoms. The van der Waals surface area contributed by atoms with Crippen molar-refractivity contribution in [3.05, 3.63) is 16.1 Å². The molecule has 0 bridgehead atoms. The molecular weight excluding hydrogens is 327 g/mol. The van der Waals surface area contributed by atoms with Gasteiger partial charge in [0.15, 0.2) is 5.69 Å². The molecule has 130 valence electrons. The lowest BCUT2D eigenvalue weighted by Crippen LogP contribution is -2.45. The van der Waals surface area contributed by atoms with E-state index in [2.05, 4.69) is 9.88 Å². The number of halogens is 3. The van der Waals surface area contributed by atoms with Crippen molar-refractivity contribution in [3.8, 4) is 0 Å². The first-order valence-corrected chi connectivity index (χ1v) is 8.67. The van der Waals surface area contributed by atoms with E-state index in [0.717, 1.165) is 42.6 Å². The van der Waals surface area contributed by atoms with Crippen LogP contribution in [0.1, 0.15) is 43.3 Å². The van der Waals surface area contributed by atoms with E-state index in [1.807, 2.05) is 6.92 Å². The second-order valence-electron chi connectivity index (χ2n) is 5.94. The predicted molar refractivity (Wildman–Crippen MR) is 83.1 cm³/mol.